The molecule has 0 saturated carbocycles. The Morgan fingerprint density at radius 3 is 2.32 bits per heavy atom. The van der Waals surface area contributed by atoms with Gasteiger partial charge >= 0.3 is 0 Å². The first-order chi connectivity index (χ1) is 12.0. The van der Waals surface area contributed by atoms with Crippen molar-refractivity contribution in [3.63, 3.8) is 0 Å². The number of piperidine rings is 1. The average Bonchev–Trinajstić information content (AvgIpc) is 3.18. The lowest BCUT2D eigenvalue weighted by molar-refractivity contribution is -0.141. The number of benzene rings is 1. The highest BCUT2D eigenvalue weighted by molar-refractivity contribution is 5.84. The molecule has 0 spiro atoms. The van der Waals surface area contributed by atoms with Gasteiger partial charge in [0, 0.05) is 46.1 Å². The minimum absolute atomic E-state index is 0.164. The van der Waals surface area contributed by atoms with Gasteiger partial charge in [0.25, 0.3) is 0 Å². The summed E-state index contributed by atoms with van der Waals surface area (Å²) in [5, 5.41) is 0. The van der Waals surface area contributed by atoms with E-state index in [1.807, 2.05) is 24.9 Å². The van der Waals surface area contributed by atoms with Crippen LogP contribution in [0.25, 0.3) is 0 Å². The summed E-state index contributed by atoms with van der Waals surface area (Å²) in [4.78, 5) is 21.2. The van der Waals surface area contributed by atoms with E-state index in [1.54, 1.807) is 17.4 Å². The lowest BCUT2D eigenvalue weighted by Gasteiger charge is -2.42. The molecule has 5 nitrogen and oxygen atoms in total. The summed E-state index contributed by atoms with van der Waals surface area (Å²) in [5.41, 5.74) is 2.21. The zero-order valence-electron chi connectivity index (χ0n) is 15.5. The molecular formula is C20H28N4O. The molecule has 1 fully saturated rings. The van der Waals surface area contributed by atoms with Gasteiger partial charge in [0.1, 0.15) is 5.54 Å². The van der Waals surface area contributed by atoms with Gasteiger partial charge in [0.05, 0.1) is 6.33 Å². The highest BCUT2D eigenvalue weighted by Crippen LogP contribution is 2.32. The third-order valence-electron chi connectivity index (χ3n) is 5.32. The lowest BCUT2D eigenvalue weighted by Crippen LogP contribution is -2.54. The molecule has 1 aromatic carbocycles. The van der Waals surface area contributed by atoms with E-state index in [1.165, 1.54) is 11.1 Å². The number of likely N-dealkylation sites (tertiary alicyclic amines) is 1. The van der Waals surface area contributed by atoms with Crippen molar-refractivity contribution >= 4 is 5.91 Å². The van der Waals surface area contributed by atoms with Gasteiger partial charge < -0.3 is 9.47 Å². The van der Waals surface area contributed by atoms with Crippen LogP contribution in [0.1, 0.15) is 30.9 Å². The normalized spacial score (nSPS) is 17.4. The molecular weight excluding hydrogens is 312 g/mol. The topological polar surface area (TPSA) is 41.4 Å². The Morgan fingerprint density at radius 2 is 1.80 bits per heavy atom. The maximum Gasteiger partial charge on any atom is 0.248 e. The molecule has 1 aromatic heterocycles. The number of aromatic nitrogens is 2. The van der Waals surface area contributed by atoms with Gasteiger partial charge in [-0.1, -0.05) is 31.2 Å². The van der Waals surface area contributed by atoms with E-state index in [0.717, 1.165) is 38.9 Å². The maximum absolute atomic E-state index is 12.9. The minimum Gasteiger partial charge on any atom is -0.347 e. The highest BCUT2D eigenvalue weighted by Gasteiger charge is 2.43. The van der Waals surface area contributed by atoms with Crippen LogP contribution in [0.5, 0.6) is 0 Å². The van der Waals surface area contributed by atoms with Crippen molar-refractivity contribution in [2.75, 3.05) is 27.2 Å². The second-order valence-corrected chi connectivity index (χ2v) is 7.15. The number of nitrogens with zero attached hydrogens (tertiary/aromatic N) is 4. The molecule has 0 N–H and O–H groups in total. The Morgan fingerprint density at radius 1 is 1.16 bits per heavy atom. The fourth-order valence-electron chi connectivity index (χ4n) is 3.73. The van der Waals surface area contributed by atoms with Crippen molar-refractivity contribution in [1.29, 1.82) is 0 Å². The molecule has 5 heteroatoms. The molecule has 2 aromatic rings. The molecule has 2 heterocycles. The number of carbonyl (C=O) groups is 1. The Kier molecular flexibility index (Phi) is 5.23. The number of hydrogen-bond acceptors (Lipinski definition) is 3. The predicted octanol–water partition coefficient (Wildman–Crippen LogP) is 2.53. The Balaban J connectivity index is 1.70. The van der Waals surface area contributed by atoms with E-state index in [9.17, 15) is 4.79 Å². The standard InChI is InChI=1S/C20H28N4O/c1-4-17-5-7-18(8-6-17)15-23-12-9-20(10-13-23,19(25)22(2)3)24-14-11-21-16-24/h5-8,11,14,16H,4,9-10,12-13,15H2,1-3H3. The Bertz CT molecular complexity index is 683. The second kappa shape index (κ2) is 7.40. The van der Waals surface area contributed by atoms with E-state index in [4.69, 9.17) is 0 Å². The van der Waals surface area contributed by atoms with E-state index >= 15 is 0 Å². The number of rotatable bonds is 5. The van der Waals surface area contributed by atoms with E-state index < -0.39 is 5.54 Å². The molecule has 0 unspecified atom stereocenters. The molecule has 1 aliphatic heterocycles. The summed E-state index contributed by atoms with van der Waals surface area (Å²) in [7, 11) is 3.67. The zero-order valence-corrected chi connectivity index (χ0v) is 15.5. The third kappa shape index (κ3) is 3.61. The molecule has 0 aliphatic carbocycles. The van der Waals surface area contributed by atoms with Crippen molar-refractivity contribution in [3.05, 3.63) is 54.1 Å². The predicted molar refractivity (Wildman–Crippen MR) is 99.2 cm³/mol. The summed E-state index contributed by atoms with van der Waals surface area (Å²) in [6.07, 6.45) is 8.15. The third-order valence-corrected chi connectivity index (χ3v) is 5.32. The molecule has 0 atom stereocenters. The summed E-state index contributed by atoms with van der Waals surface area (Å²) in [6.45, 7) is 4.94. The van der Waals surface area contributed by atoms with Gasteiger partial charge in [-0.05, 0) is 30.4 Å². The largest absolute Gasteiger partial charge is 0.347 e. The second-order valence-electron chi connectivity index (χ2n) is 7.15. The number of carbonyl (C=O) groups excluding carboxylic acids is 1. The molecule has 0 bridgehead atoms. The first-order valence-electron chi connectivity index (χ1n) is 9.05. The van der Waals surface area contributed by atoms with Gasteiger partial charge in [-0.15, -0.1) is 0 Å². The zero-order chi connectivity index (χ0) is 17.9. The highest BCUT2D eigenvalue weighted by atomic mass is 16.2. The summed E-state index contributed by atoms with van der Waals surface area (Å²) >= 11 is 0. The first kappa shape index (κ1) is 17.7. The van der Waals surface area contributed by atoms with Gasteiger partial charge in [-0.3, -0.25) is 9.69 Å². The van der Waals surface area contributed by atoms with Crippen LogP contribution in [-0.4, -0.2) is 52.4 Å². The van der Waals surface area contributed by atoms with Gasteiger partial charge in [-0.25, -0.2) is 4.98 Å². The number of likely N-dealkylation sites (N-methyl/N-ethyl adjacent to an activating group) is 1. The van der Waals surface area contributed by atoms with E-state index in [0.29, 0.717) is 0 Å². The number of aryl methyl sites for hydroxylation is 1. The SMILES string of the molecule is CCc1ccc(CN2CCC(C(=O)N(C)C)(n3ccnc3)CC2)cc1. The fourth-order valence-corrected chi connectivity index (χ4v) is 3.73. The monoisotopic (exact) mass is 340 g/mol. The van der Waals surface area contributed by atoms with Gasteiger partial charge in [0.15, 0.2) is 0 Å². The number of hydrogen-bond donors (Lipinski definition) is 0. The average molecular weight is 340 g/mol. The van der Waals surface area contributed by atoms with Crippen molar-refractivity contribution < 1.29 is 4.79 Å². The van der Waals surface area contributed by atoms with Crippen molar-refractivity contribution in [1.82, 2.24) is 19.4 Å². The van der Waals surface area contributed by atoms with Crippen LogP contribution < -0.4 is 0 Å². The Hall–Kier alpha value is -2.14. The van der Waals surface area contributed by atoms with Crippen LogP contribution in [0.4, 0.5) is 0 Å². The molecule has 1 amide bonds. The summed E-state index contributed by atoms with van der Waals surface area (Å²) in [6, 6.07) is 8.87. The first-order valence-corrected chi connectivity index (χ1v) is 9.05. The minimum atomic E-state index is -0.497. The van der Waals surface area contributed by atoms with Crippen molar-refractivity contribution in [2.45, 2.75) is 38.3 Å². The fraction of sp³-hybridized carbons (Fsp3) is 0.500. The molecule has 1 aliphatic rings. The molecule has 134 valence electrons. The maximum atomic E-state index is 12.9. The number of amides is 1. The summed E-state index contributed by atoms with van der Waals surface area (Å²) < 4.78 is 2.00. The van der Waals surface area contributed by atoms with E-state index in [-0.39, 0.29) is 5.91 Å². The molecule has 0 radical (unpaired) electrons. The van der Waals surface area contributed by atoms with Crippen LogP contribution in [0, 0.1) is 0 Å². The van der Waals surface area contributed by atoms with Gasteiger partial charge in [-0.2, -0.15) is 0 Å². The van der Waals surface area contributed by atoms with Crippen LogP contribution >= 0.6 is 0 Å². The van der Waals surface area contributed by atoms with Gasteiger partial charge in [0.2, 0.25) is 5.91 Å². The van der Waals surface area contributed by atoms with Crippen molar-refractivity contribution in [2.24, 2.45) is 0 Å². The lowest BCUT2D eigenvalue weighted by atomic mass is 9.85. The van der Waals surface area contributed by atoms with Crippen LogP contribution in [0.3, 0.4) is 0 Å². The van der Waals surface area contributed by atoms with Crippen molar-refractivity contribution in [3.8, 4) is 0 Å². The molecule has 3 rings (SSSR count). The summed E-state index contributed by atoms with van der Waals surface area (Å²) in [5.74, 6) is 0.164. The van der Waals surface area contributed by atoms with Crippen LogP contribution in [0.15, 0.2) is 43.0 Å². The molecule has 25 heavy (non-hydrogen) atoms. The smallest absolute Gasteiger partial charge is 0.248 e. The quantitative estimate of drug-likeness (QED) is 0.840. The molecule has 1 saturated heterocycles. The Labute approximate surface area is 150 Å². The van der Waals surface area contributed by atoms with Crippen LogP contribution in [-0.2, 0) is 23.3 Å². The van der Waals surface area contributed by atoms with Crippen LogP contribution in [0.2, 0.25) is 0 Å². The number of imidazole rings is 1. The van der Waals surface area contributed by atoms with E-state index in [2.05, 4.69) is 41.1 Å².